The zero-order chi connectivity index (χ0) is 21.4. The van der Waals surface area contributed by atoms with Gasteiger partial charge in [0.05, 0.1) is 5.56 Å². The molecule has 29 heavy (non-hydrogen) atoms. The van der Waals surface area contributed by atoms with Crippen molar-refractivity contribution in [3.05, 3.63) is 71.3 Å². The van der Waals surface area contributed by atoms with E-state index in [1.54, 1.807) is 24.3 Å². The third-order valence-corrected chi connectivity index (χ3v) is 4.29. The molecule has 156 valence electrons. The molecule has 0 saturated heterocycles. The van der Waals surface area contributed by atoms with Gasteiger partial charge in [-0.25, -0.2) is 0 Å². The summed E-state index contributed by atoms with van der Waals surface area (Å²) in [6.45, 7) is 4.08. The van der Waals surface area contributed by atoms with Crippen molar-refractivity contribution in [1.82, 2.24) is 10.6 Å². The number of benzene rings is 2. The molecule has 0 aromatic heterocycles. The minimum absolute atomic E-state index is 0.161. The summed E-state index contributed by atoms with van der Waals surface area (Å²) in [5, 5.41) is 5.52. The molecule has 1 unspecified atom stereocenters. The first kappa shape index (κ1) is 22.5. The zero-order valence-corrected chi connectivity index (χ0v) is 16.4. The van der Waals surface area contributed by atoms with Crippen LogP contribution in [-0.4, -0.2) is 18.4 Å². The Morgan fingerprint density at radius 3 is 2.14 bits per heavy atom. The van der Waals surface area contributed by atoms with Gasteiger partial charge in [0.25, 0.3) is 0 Å². The summed E-state index contributed by atoms with van der Waals surface area (Å²) in [6.07, 6.45) is -3.68. The lowest BCUT2D eigenvalue weighted by Gasteiger charge is -2.19. The van der Waals surface area contributed by atoms with E-state index in [9.17, 15) is 22.8 Å². The highest BCUT2D eigenvalue weighted by Gasteiger charge is 2.30. The van der Waals surface area contributed by atoms with Crippen molar-refractivity contribution in [1.29, 1.82) is 0 Å². The second-order valence-corrected chi connectivity index (χ2v) is 7.24. The molecule has 2 amide bonds. The summed E-state index contributed by atoms with van der Waals surface area (Å²) < 4.78 is 37.9. The van der Waals surface area contributed by atoms with E-state index in [1.807, 2.05) is 19.9 Å². The molecule has 0 aliphatic heterocycles. The van der Waals surface area contributed by atoms with Gasteiger partial charge in [-0.3, -0.25) is 9.59 Å². The highest BCUT2D eigenvalue weighted by Crippen LogP contribution is 2.29. The molecule has 2 aromatic carbocycles. The van der Waals surface area contributed by atoms with Crippen molar-refractivity contribution in [3.8, 4) is 0 Å². The predicted octanol–water partition coefficient (Wildman–Crippen LogP) is 4.27. The normalized spacial score (nSPS) is 12.5. The standard InChI is InChI=1S/C22H25F3N2O2/c1-15(2)14-19(28)27-20(17-6-4-3-5-7-17)21(29)26-13-12-16-8-10-18(11-9-16)22(23,24)25/h3-11,15,20H,12-14H2,1-2H3,(H,26,29)(H,27,28). The van der Waals surface area contributed by atoms with Crippen molar-refractivity contribution >= 4 is 11.8 Å². The first-order valence-corrected chi connectivity index (χ1v) is 9.45. The van der Waals surface area contributed by atoms with Gasteiger partial charge in [0.2, 0.25) is 11.8 Å². The Hall–Kier alpha value is -2.83. The molecular formula is C22H25F3N2O2. The highest BCUT2D eigenvalue weighted by molar-refractivity contribution is 5.88. The summed E-state index contributed by atoms with van der Waals surface area (Å²) in [5.74, 6) is -0.416. The van der Waals surface area contributed by atoms with E-state index in [0.717, 1.165) is 12.1 Å². The zero-order valence-electron chi connectivity index (χ0n) is 16.4. The van der Waals surface area contributed by atoms with Gasteiger partial charge >= 0.3 is 6.18 Å². The summed E-state index contributed by atoms with van der Waals surface area (Å²) in [6, 6.07) is 12.9. The van der Waals surface area contributed by atoms with Crippen LogP contribution < -0.4 is 10.6 Å². The van der Waals surface area contributed by atoms with Gasteiger partial charge in [-0.1, -0.05) is 56.3 Å². The average molecular weight is 406 g/mol. The van der Waals surface area contributed by atoms with Crippen LogP contribution in [0.25, 0.3) is 0 Å². The van der Waals surface area contributed by atoms with Crippen LogP contribution in [0.5, 0.6) is 0 Å². The largest absolute Gasteiger partial charge is 0.416 e. The number of alkyl halides is 3. The number of halogens is 3. The van der Waals surface area contributed by atoms with Crippen molar-refractivity contribution in [2.75, 3.05) is 6.54 Å². The minimum Gasteiger partial charge on any atom is -0.354 e. The van der Waals surface area contributed by atoms with Gasteiger partial charge in [-0.15, -0.1) is 0 Å². The summed E-state index contributed by atoms with van der Waals surface area (Å²) >= 11 is 0. The first-order chi connectivity index (χ1) is 13.7. The monoisotopic (exact) mass is 406 g/mol. The third-order valence-electron chi connectivity index (χ3n) is 4.29. The Morgan fingerprint density at radius 2 is 1.59 bits per heavy atom. The quantitative estimate of drug-likeness (QED) is 0.688. The van der Waals surface area contributed by atoms with E-state index in [1.165, 1.54) is 12.1 Å². The maximum Gasteiger partial charge on any atom is 0.416 e. The molecule has 4 nitrogen and oxygen atoms in total. The van der Waals surface area contributed by atoms with Crippen LogP contribution in [0, 0.1) is 5.92 Å². The molecule has 0 spiro atoms. The number of amides is 2. The van der Waals surface area contributed by atoms with Gasteiger partial charge in [-0.05, 0) is 35.6 Å². The minimum atomic E-state index is -4.37. The molecule has 2 aromatic rings. The van der Waals surface area contributed by atoms with Gasteiger partial charge in [0, 0.05) is 13.0 Å². The Bertz CT molecular complexity index is 803. The molecule has 0 heterocycles. The summed E-state index contributed by atoms with van der Waals surface area (Å²) in [7, 11) is 0. The average Bonchev–Trinajstić information content (AvgIpc) is 2.66. The van der Waals surface area contributed by atoms with Gasteiger partial charge in [0.15, 0.2) is 0 Å². The molecule has 0 aliphatic rings. The smallest absolute Gasteiger partial charge is 0.354 e. The van der Waals surface area contributed by atoms with E-state index >= 15 is 0 Å². The fourth-order valence-corrected chi connectivity index (χ4v) is 2.83. The van der Waals surface area contributed by atoms with Crippen molar-refractivity contribution in [2.45, 2.75) is 38.9 Å². The molecular weight excluding hydrogens is 381 g/mol. The van der Waals surface area contributed by atoms with Crippen LogP contribution >= 0.6 is 0 Å². The van der Waals surface area contributed by atoms with Crippen LogP contribution in [0.3, 0.4) is 0 Å². The SMILES string of the molecule is CC(C)CC(=O)NC(C(=O)NCCc1ccc(C(F)(F)F)cc1)c1ccccc1. The van der Waals surface area contributed by atoms with Crippen LogP contribution in [0.15, 0.2) is 54.6 Å². The van der Waals surface area contributed by atoms with E-state index in [0.29, 0.717) is 24.0 Å². The number of rotatable bonds is 8. The maximum absolute atomic E-state index is 12.7. The fourth-order valence-electron chi connectivity index (χ4n) is 2.83. The molecule has 0 bridgehead atoms. The Labute approximate surface area is 168 Å². The van der Waals surface area contributed by atoms with Crippen molar-refractivity contribution in [3.63, 3.8) is 0 Å². The summed E-state index contributed by atoms with van der Waals surface area (Å²) in [4.78, 5) is 24.8. The van der Waals surface area contributed by atoms with Gasteiger partial charge in [0.1, 0.15) is 6.04 Å². The number of nitrogens with one attached hydrogen (secondary N) is 2. The van der Waals surface area contributed by atoms with Crippen molar-refractivity contribution < 1.29 is 22.8 Å². The van der Waals surface area contributed by atoms with Crippen LogP contribution in [0.1, 0.15) is 43.0 Å². The molecule has 7 heteroatoms. The lowest BCUT2D eigenvalue weighted by atomic mass is 10.0. The number of hydrogen-bond donors (Lipinski definition) is 2. The summed E-state index contributed by atoms with van der Waals surface area (Å²) in [5.41, 5.74) is 0.636. The maximum atomic E-state index is 12.7. The number of carbonyl (C=O) groups excluding carboxylic acids is 2. The van der Waals surface area contributed by atoms with E-state index in [-0.39, 0.29) is 24.3 Å². The van der Waals surface area contributed by atoms with Crippen LogP contribution in [0.4, 0.5) is 13.2 Å². The highest BCUT2D eigenvalue weighted by atomic mass is 19.4. The lowest BCUT2D eigenvalue weighted by molar-refractivity contribution is -0.137. The van der Waals surface area contributed by atoms with Crippen LogP contribution in [-0.2, 0) is 22.2 Å². The van der Waals surface area contributed by atoms with Gasteiger partial charge < -0.3 is 10.6 Å². The second kappa shape index (κ2) is 10.1. The number of hydrogen-bond acceptors (Lipinski definition) is 2. The Kier molecular flexibility index (Phi) is 7.82. The lowest BCUT2D eigenvalue weighted by Crippen LogP contribution is -2.41. The number of carbonyl (C=O) groups is 2. The second-order valence-electron chi connectivity index (χ2n) is 7.24. The van der Waals surface area contributed by atoms with E-state index in [4.69, 9.17) is 0 Å². The van der Waals surface area contributed by atoms with Crippen molar-refractivity contribution in [2.24, 2.45) is 5.92 Å². The van der Waals surface area contributed by atoms with E-state index < -0.39 is 17.8 Å². The first-order valence-electron chi connectivity index (χ1n) is 9.45. The predicted molar refractivity (Wildman–Crippen MR) is 105 cm³/mol. The molecule has 0 radical (unpaired) electrons. The van der Waals surface area contributed by atoms with E-state index in [2.05, 4.69) is 10.6 Å². The van der Waals surface area contributed by atoms with Crippen LogP contribution in [0.2, 0.25) is 0 Å². The molecule has 0 aliphatic carbocycles. The molecule has 1 atom stereocenters. The third kappa shape index (κ3) is 7.25. The topological polar surface area (TPSA) is 58.2 Å². The molecule has 0 saturated carbocycles. The fraction of sp³-hybridized carbons (Fsp3) is 0.364. The molecule has 0 fully saturated rings. The Balaban J connectivity index is 1.97. The molecule has 2 rings (SSSR count). The van der Waals surface area contributed by atoms with Gasteiger partial charge in [-0.2, -0.15) is 13.2 Å². The Morgan fingerprint density at radius 1 is 0.966 bits per heavy atom. The molecule has 2 N–H and O–H groups in total.